The maximum Gasteiger partial charge on any atom is 0.123 e. The molecule has 0 unspecified atom stereocenters. The quantitative estimate of drug-likeness (QED) is 0.758. The summed E-state index contributed by atoms with van der Waals surface area (Å²) in [4.78, 5) is 0. The monoisotopic (exact) mass is 326 g/mol. The second-order valence-corrected chi connectivity index (χ2v) is 4.00. The molecule has 0 aliphatic heterocycles. The molecule has 0 atom stereocenters. The molecule has 0 radical (unpaired) electrons. The zero-order valence-electron chi connectivity index (χ0n) is 7.11. The first-order valence-electron chi connectivity index (χ1n) is 3.70. The molecule has 0 heterocycles. The van der Waals surface area contributed by atoms with E-state index >= 15 is 0 Å². The van der Waals surface area contributed by atoms with E-state index in [-0.39, 0.29) is 0 Å². The van der Waals surface area contributed by atoms with E-state index in [0.717, 1.165) is 32.6 Å². The highest BCUT2D eigenvalue weighted by atomic mass is 79.9. The summed E-state index contributed by atoms with van der Waals surface area (Å²) in [6.07, 6.45) is 0. The molecular weight excluding hydrogens is 319 g/mol. The molecule has 0 N–H and O–H groups in total. The van der Waals surface area contributed by atoms with Gasteiger partial charge in [0.2, 0.25) is 0 Å². The zero-order chi connectivity index (χ0) is 9.84. The molecule has 0 fully saturated rings. The standard InChI is InChI=1S/C9H9Br2ClO/c1-13-9-3-2-8(12)6(4-10)7(9)5-11/h2-3H,4-5H2,1H3. The number of halogens is 3. The van der Waals surface area contributed by atoms with E-state index in [1.54, 1.807) is 7.11 Å². The van der Waals surface area contributed by atoms with Crippen molar-refractivity contribution in [3.63, 3.8) is 0 Å². The van der Waals surface area contributed by atoms with Crippen molar-refractivity contribution in [1.29, 1.82) is 0 Å². The van der Waals surface area contributed by atoms with Crippen molar-refractivity contribution in [2.75, 3.05) is 7.11 Å². The van der Waals surface area contributed by atoms with Crippen LogP contribution in [0.3, 0.4) is 0 Å². The van der Waals surface area contributed by atoms with Gasteiger partial charge in [-0.1, -0.05) is 43.5 Å². The van der Waals surface area contributed by atoms with Crippen molar-refractivity contribution in [2.24, 2.45) is 0 Å². The van der Waals surface area contributed by atoms with Gasteiger partial charge in [-0.05, 0) is 17.7 Å². The summed E-state index contributed by atoms with van der Waals surface area (Å²) in [5.74, 6) is 0.871. The highest BCUT2D eigenvalue weighted by Gasteiger charge is 2.10. The van der Waals surface area contributed by atoms with E-state index in [1.807, 2.05) is 12.1 Å². The van der Waals surface area contributed by atoms with Crippen molar-refractivity contribution in [2.45, 2.75) is 10.7 Å². The fraction of sp³-hybridized carbons (Fsp3) is 0.333. The molecule has 0 spiro atoms. The number of hydrogen-bond acceptors (Lipinski definition) is 1. The van der Waals surface area contributed by atoms with Crippen LogP contribution < -0.4 is 4.74 Å². The lowest BCUT2D eigenvalue weighted by atomic mass is 10.1. The zero-order valence-corrected chi connectivity index (χ0v) is 11.0. The largest absolute Gasteiger partial charge is 0.496 e. The first-order valence-corrected chi connectivity index (χ1v) is 6.32. The Balaban J connectivity index is 3.27. The van der Waals surface area contributed by atoms with Crippen molar-refractivity contribution in [3.05, 3.63) is 28.3 Å². The molecular formula is C9H9Br2ClO. The van der Waals surface area contributed by atoms with E-state index in [2.05, 4.69) is 31.9 Å². The Hall–Kier alpha value is 0.270. The molecule has 0 saturated carbocycles. The van der Waals surface area contributed by atoms with E-state index in [1.165, 1.54) is 0 Å². The summed E-state index contributed by atoms with van der Waals surface area (Å²) in [7, 11) is 1.66. The summed E-state index contributed by atoms with van der Waals surface area (Å²) < 4.78 is 5.22. The molecule has 72 valence electrons. The van der Waals surface area contributed by atoms with Crippen LogP contribution in [-0.4, -0.2) is 7.11 Å². The lowest BCUT2D eigenvalue weighted by Crippen LogP contribution is -1.95. The van der Waals surface area contributed by atoms with Gasteiger partial charge in [-0.3, -0.25) is 0 Å². The molecule has 1 aromatic carbocycles. The maximum atomic E-state index is 6.03. The molecule has 0 aliphatic rings. The van der Waals surface area contributed by atoms with Crippen molar-refractivity contribution >= 4 is 43.5 Å². The third kappa shape index (κ3) is 2.39. The topological polar surface area (TPSA) is 9.23 Å². The van der Waals surface area contributed by atoms with E-state index in [9.17, 15) is 0 Å². The maximum absolute atomic E-state index is 6.03. The predicted octanol–water partition coefficient (Wildman–Crippen LogP) is 4.14. The van der Waals surface area contributed by atoms with Crippen LogP contribution in [0.2, 0.25) is 5.02 Å². The number of rotatable bonds is 3. The van der Waals surface area contributed by atoms with E-state index in [0.29, 0.717) is 0 Å². The molecule has 4 heteroatoms. The average molecular weight is 328 g/mol. The molecule has 1 aromatic rings. The van der Waals surface area contributed by atoms with Gasteiger partial charge in [-0.15, -0.1) is 0 Å². The van der Waals surface area contributed by atoms with E-state index < -0.39 is 0 Å². The highest BCUT2D eigenvalue weighted by molar-refractivity contribution is 9.09. The summed E-state index contributed by atoms with van der Waals surface area (Å²) in [6.45, 7) is 0. The fourth-order valence-corrected chi connectivity index (χ4v) is 2.79. The Morgan fingerprint density at radius 2 is 1.85 bits per heavy atom. The van der Waals surface area contributed by atoms with Crippen molar-refractivity contribution in [1.82, 2.24) is 0 Å². The number of ether oxygens (including phenoxy) is 1. The van der Waals surface area contributed by atoms with Gasteiger partial charge >= 0.3 is 0 Å². The number of hydrogen-bond donors (Lipinski definition) is 0. The second kappa shape index (κ2) is 5.23. The Bertz CT molecular complexity index is 302. The van der Waals surface area contributed by atoms with Gasteiger partial charge in [0.25, 0.3) is 0 Å². The van der Waals surface area contributed by atoms with Crippen molar-refractivity contribution in [3.8, 4) is 5.75 Å². The minimum Gasteiger partial charge on any atom is -0.496 e. The third-order valence-corrected chi connectivity index (χ3v) is 3.29. The molecule has 0 aromatic heterocycles. The van der Waals surface area contributed by atoms with Crippen LogP contribution in [0.1, 0.15) is 11.1 Å². The van der Waals surface area contributed by atoms with Crippen molar-refractivity contribution < 1.29 is 4.74 Å². The minimum absolute atomic E-state index is 0.740. The molecule has 1 nitrogen and oxygen atoms in total. The highest BCUT2D eigenvalue weighted by Crippen LogP contribution is 2.31. The van der Waals surface area contributed by atoms with Gasteiger partial charge in [-0.2, -0.15) is 0 Å². The molecule has 0 bridgehead atoms. The number of alkyl halides is 2. The van der Waals surface area contributed by atoms with Gasteiger partial charge in [0, 0.05) is 21.2 Å². The molecule has 1 rings (SSSR count). The van der Waals surface area contributed by atoms with Gasteiger partial charge < -0.3 is 4.74 Å². The van der Waals surface area contributed by atoms with E-state index in [4.69, 9.17) is 16.3 Å². The van der Waals surface area contributed by atoms with Gasteiger partial charge in [-0.25, -0.2) is 0 Å². The van der Waals surface area contributed by atoms with Crippen LogP contribution in [0.15, 0.2) is 12.1 Å². The lowest BCUT2D eigenvalue weighted by Gasteiger charge is -2.11. The Morgan fingerprint density at radius 1 is 1.23 bits per heavy atom. The molecule has 13 heavy (non-hydrogen) atoms. The predicted molar refractivity (Wildman–Crippen MR) is 63.3 cm³/mol. The van der Waals surface area contributed by atoms with Crippen LogP contribution >= 0.6 is 43.5 Å². The van der Waals surface area contributed by atoms with Crippen LogP contribution in [0.25, 0.3) is 0 Å². The smallest absolute Gasteiger partial charge is 0.123 e. The van der Waals surface area contributed by atoms with Crippen LogP contribution in [-0.2, 0) is 10.7 Å². The third-order valence-electron chi connectivity index (χ3n) is 1.82. The minimum atomic E-state index is 0.740. The number of benzene rings is 1. The number of methoxy groups -OCH3 is 1. The fourth-order valence-electron chi connectivity index (χ4n) is 1.13. The first kappa shape index (κ1) is 11.3. The van der Waals surface area contributed by atoms with Gasteiger partial charge in [0.15, 0.2) is 0 Å². The van der Waals surface area contributed by atoms with Crippen LogP contribution in [0, 0.1) is 0 Å². The molecule has 0 saturated heterocycles. The lowest BCUT2D eigenvalue weighted by molar-refractivity contribution is 0.411. The van der Waals surface area contributed by atoms with Crippen LogP contribution in [0.4, 0.5) is 0 Å². The van der Waals surface area contributed by atoms with Crippen LogP contribution in [0.5, 0.6) is 5.75 Å². The second-order valence-electron chi connectivity index (χ2n) is 2.47. The van der Waals surface area contributed by atoms with Gasteiger partial charge in [0.05, 0.1) is 7.11 Å². The van der Waals surface area contributed by atoms with Gasteiger partial charge in [0.1, 0.15) is 5.75 Å². The Labute approximate surface area is 99.7 Å². The Morgan fingerprint density at radius 3 is 2.31 bits per heavy atom. The Kier molecular flexibility index (Phi) is 4.56. The molecule has 0 amide bonds. The molecule has 0 aliphatic carbocycles. The average Bonchev–Trinajstić information content (AvgIpc) is 2.17. The normalized spacial score (nSPS) is 10.2. The summed E-state index contributed by atoms with van der Waals surface area (Å²) in [6, 6.07) is 3.73. The summed E-state index contributed by atoms with van der Waals surface area (Å²) >= 11 is 12.8. The summed E-state index contributed by atoms with van der Waals surface area (Å²) in [5.41, 5.74) is 2.18. The first-order chi connectivity index (χ1) is 6.24. The summed E-state index contributed by atoms with van der Waals surface area (Å²) in [5, 5.41) is 2.26. The SMILES string of the molecule is COc1ccc(Cl)c(CBr)c1CBr.